The van der Waals surface area contributed by atoms with Gasteiger partial charge < -0.3 is 0 Å². The van der Waals surface area contributed by atoms with Gasteiger partial charge in [0.1, 0.15) is 0 Å². The summed E-state index contributed by atoms with van der Waals surface area (Å²) in [5, 5.41) is 0. The minimum Gasteiger partial charge on any atom is -0.261 e. The normalized spacial score (nSPS) is 18.0. The summed E-state index contributed by atoms with van der Waals surface area (Å²) in [6.45, 7) is 2.08. The van der Waals surface area contributed by atoms with Gasteiger partial charge in [0.15, 0.2) is 0 Å². The number of hydrogen-bond donors (Lipinski definition) is 0. The first-order valence-electron chi connectivity index (χ1n) is 4.89. The van der Waals surface area contributed by atoms with E-state index in [1.54, 1.807) is 0 Å². The Morgan fingerprint density at radius 2 is 2.08 bits per heavy atom. The van der Waals surface area contributed by atoms with Gasteiger partial charge in [0, 0.05) is 22.3 Å². The molecule has 0 aromatic carbocycles. The van der Waals surface area contributed by atoms with E-state index in [9.17, 15) is 0 Å². The summed E-state index contributed by atoms with van der Waals surface area (Å²) in [5.74, 6) is 0.719. The van der Waals surface area contributed by atoms with E-state index in [1.165, 1.54) is 41.4 Å². The van der Waals surface area contributed by atoms with E-state index in [1.807, 2.05) is 6.20 Å². The summed E-state index contributed by atoms with van der Waals surface area (Å²) in [5.41, 5.74) is 2.50. The molecule has 2 rings (SSSR count). The average Bonchev–Trinajstić information content (AvgIpc) is 2.62. The molecule has 2 heteroatoms. The number of pyridine rings is 1. The van der Waals surface area contributed by atoms with Crippen molar-refractivity contribution in [1.29, 1.82) is 0 Å². The Hall–Kier alpha value is -0.370. The van der Waals surface area contributed by atoms with Gasteiger partial charge >= 0.3 is 0 Å². The molecule has 1 nitrogen and oxygen atoms in total. The van der Waals surface area contributed by atoms with E-state index in [2.05, 4.69) is 33.9 Å². The molecule has 1 fully saturated rings. The Kier molecular flexibility index (Phi) is 2.68. The van der Waals surface area contributed by atoms with Crippen molar-refractivity contribution in [1.82, 2.24) is 4.98 Å². The van der Waals surface area contributed by atoms with Gasteiger partial charge in [-0.05, 0) is 31.4 Å². The zero-order chi connectivity index (χ0) is 9.26. The molecule has 0 bridgehead atoms. The second kappa shape index (κ2) is 3.79. The molecule has 1 aliphatic carbocycles. The van der Waals surface area contributed by atoms with Gasteiger partial charge in [-0.15, -0.1) is 0 Å². The highest BCUT2D eigenvalue weighted by molar-refractivity contribution is 9.10. The SMILES string of the molecule is Cc1cnc(C2CCCC2)cc1Br. The van der Waals surface area contributed by atoms with E-state index >= 15 is 0 Å². The van der Waals surface area contributed by atoms with Crippen molar-refractivity contribution < 1.29 is 0 Å². The minimum atomic E-state index is 0.719. The van der Waals surface area contributed by atoms with Gasteiger partial charge in [-0.3, -0.25) is 4.98 Å². The third-order valence-corrected chi connectivity index (χ3v) is 3.69. The molecule has 0 saturated heterocycles. The molecule has 1 heterocycles. The summed E-state index contributed by atoms with van der Waals surface area (Å²) in [6.07, 6.45) is 7.36. The summed E-state index contributed by atoms with van der Waals surface area (Å²) >= 11 is 3.55. The van der Waals surface area contributed by atoms with E-state index < -0.39 is 0 Å². The van der Waals surface area contributed by atoms with Crippen LogP contribution in [-0.2, 0) is 0 Å². The lowest BCUT2D eigenvalue weighted by atomic mass is 10.0. The largest absolute Gasteiger partial charge is 0.261 e. The van der Waals surface area contributed by atoms with Crippen molar-refractivity contribution in [2.24, 2.45) is 0 Å². The number of nitrogens with zero attached hydrogens (tertiary/aromatic N) is 1. The molecule has 0 radical (unpaired) electrons. The Balaban J connectivity index is 2.25. The molecule has 0 unspecified atom stereocenters. The molecule has 1 aliphatic rings. The lowest BCUT2D eigenvalue weighted by Crippen LogP contribution is -1.96. The van der Waals surface area contributed by atoms with Crippen LogP contribution in [0.15, 0.2) is 16.7 Å². The quantitative estimate of drug-likeness (QED) is 0.727. The predicted octanol–water partition coefficient (Wildman–Crippen LogP) is 3.81. The van der Waals surface area contributed by atoms with Crippen LogP contribution in [0.3, 0.4) is 0 Å². The zero-order valence-corrected chi connectivity index (χ0v) is 9.47. The third kappa shape index (κ3) is 1.93. The number of halogens is 1. The summed E-state index contributed by atoms with van der Waals surface area (Å²) in [6, 6.07) is 2.19. The number of aromatic nitrogens is 1. The molecular weight excluding hydrogens is 226 g/mol. The average molecular weight is 240 g/mol. The molecule has 0 atom stereocenters. The van der Waals surface area contributed by atoms with Crippen LogP contribution in [0, 0.1) is 6.92 Å². The van der Waals surface area contributed by atoms with E-state index in [-0.39, 0.29) is 0 Å². The summed E-state index contributed by atoms with van der Waals surface area (Å²) < 4.78 is 1.20. The van der Waals surface area contributed by atoms with Crippen LogP contribution in [0.2, 0.25) is 0 Å². The lowest BCUT2D eigenvalue weighted by Gasteiger charge is -2.09. The first kappa shape index (κ1) is 9.20. The van der Waals surface area contributed by atoms with Crippen LogP contribution >= 0.6 is 15.9 Å². The molecule has 0 aliphatic heterocycles. The number of hydrogen-bond acceptors (Lipinski definition) is 1. The molecular formula is C11H14BrN. The van der Waals surface area contributed by atoms with E-state index in [0.717, 1.165) is 5.92 Å². The highest BCUT2D eigenvalue weighted by Gasteiger charge is 2.18. The van der Waals surface area contributed by atoms with Crippen LogP contribution in [0.25, 0.3) is 0 Å². The van der Waals surface area contributed by atoms with Crippen LogP contribution < -0.4 is 0 Å². The standard InChI is InChI=1S/C11H14BrN/c1-8-7-13-11(6-10(8)12)9-4-2-3-5-9/h6-7,9H,2-5H2,1H3. The molecule has 1 aromatic rings. The van der Waals surface area contributed by atoms with E-state index in [4.69, 9.17) is 0 Å². The smallest absolute Gasteiger partial charge is 0.0445 e. The van der Waals surface area contributed by atoms with Crippen molar-refractivity contribution in [2.45, 2.75) is 38.5 Å². The van der Waals surface area contributed by atoms with Crippen LogP contribution in [0.5, 0.6) is 0 Å². The Bertz CT molecular complexity index is 303. The van der Waals surface area contributed by atoms with Crippen LogP contribution in [-0.4, -0.2) is 4.98 Å². The molecule has 0 N–H and O–H groups in total. The number of rotatable bonds is 1. The van der Waals surface area contributed by atoms with E-state index in [0.29, 0.717) is 0 Å². The maximum absolute atomic E-state index is 4.49. The first-order chi connectivity index (χ1) is 6.27. The maximum Gasteiger partial charge on any atom is 0.0445 e. The topological polar surface area (TPSA) is 12.9 Å². The fourth-order valence-electron chi connectivity index (χ4n) is 1.96. The molecule has 0 amide bonds. The highest BCUT2D eigenvalue weighted by atomic mass is 79.9. The second-order valence-electron chi connectivity index (χ2n) is 3.84. The van der Waals surface area contributed by atoms with Gasteiger partial charge in [-0.1, -0.05) is 28.8 Å². The number of aryl methyl sites for hydroxylation is 1. The molecule has 1 saturated carbocycles. The van der Waals surface area contributed by atoms with Crippen molar-refractivity contribution in [3.05, 3.63) is 28.0 Å². The lowest BCUT2D eigenvalue weighted by molar-refractivity contribution is 0.696. The van der Waals surface area contributed by atoms with Crippen molar-refractivity contribution in [3.8, 4) is 0 Å². The molecule has 1 aromatic heterocycles. The molecule has 0 spiro atoms. The van der Waals surface area contributed by atoms with Gasteiger partial charge in [0.2, 0.25) is 0 Å². The zero-order valence-electron chi connectivity index (χ0n) is 7.89. The van der Waals surface area contributed by atoms with Gasteiger partial charge in [0.25, 0.3) is 0 Å². The highest BCUT2D eigenvalue weighted by Crippen LogP contribution is 2.34. The Labute approximate surface area is 87.7 Å². The van der Waals surface area contributed by atoms with Gasteiger partial charge in [-0.25, -0.2) is 0 Å². The van der Waals surface area contributed by atoms with Crippen LogP contribution in [0.1, 0.15) is 42.9 Å². The van der Waals surface area contributed by atoms with Crippen molar-refractivity contribution in [3.63, 3.8) is 0 Å². The van der Waals surface area contributed by atoms with Crippen molar-refractivity contribution >= 4 is 15.9 Å². The summed E-state index contributed by atoms with van der Waals surface area (Å²) in [7, 11) is 0. The fourth-order valence-corrected chi connectivity index (χ4v) is 2.30. The minimum absolute atomic E-state index is 0.719. The monoisotopic (exact) mass is 239 g/mol. The third-order valence-electron chi connectivity index (χ3n) is 2.83. The van der Waals surface area contributed by atoms with Gasteiger partial charge in [-0.2, -0.15) is 0 Å². The Morgan fingerprint density at radius 1 is 1.38 bits per heavy atom. The fraction of sp³-hybridized carbons (Fsp3) is 0.545. The van der Waals surface area contributed by atoms with Gasteiger partial charge in [0.05, 0.1) is 0 Å². The second-order valence-corrected chi connectivity index (χ2v) is 4.69. The first-order valence-corrected chi connectivity index (χ1v) is 5.68. The summed E-state index contributed by atoms with van der Waals surface area (Å²) in [4.78, 5) is 4.49. The van der Waals surface area contributed by atoms with Crippen LogP contribution in [0.4, 0.5) is 0 Å². The van der Waals surface area contributed by atoms with Crippen molar-refractivity contribution in [2.75, 3.05) is 0 Å². The predicted molar refractivity (Wildman–Crippen MR) is 57.9 cm³/mol. The maximum atomic E-state index is 4.49. The molecule has 13 heavy (non-hydrogen) atoms. The molecule has 70 valence electrons. The Morgan fingerprint density at radius 3 is 2.69 bits per heavy atom.